The van der Waals surface area contributed by atoms with Crippen LogP contribution < -0.4 is 0 Å². The Hall–Kier alpha value is -2.03. The van der Waals surface area contributed by atoms with Crippen LogP contribution in [0.2, 0.25) is 0 Å². The Morgan fingerprint density at radius 2 is 2.15 bits per heavy atom. The van der Waals surface area contributed by atoms with E-state index in [1.807, 2.05) is 36.6 Å². The van der Waals surface area contributed by atoms with Crippen LogP contribution in [0.1, 0.15) is 23.8 Å². The third-order valence-corrected chi connectivity index (χ3v) is 5.03. The first kappa shape index (κ1) is 17.4. The molecule has 0 N–H and O–H groups in total. The molecule has 1 fully saturated rings. The Balaban J connectivity index is 1.42. The monoisotopic (exact) mass is 374 g/mol. The van der Waals surface area contributed by atoms with Gasteiger partial charge in [-0.1, -0.05) is 30.3 Å². The average molecular weight is 374 g/mol. The lowest BCUT2D eigenvalue weighted by Gasteiger charge is -2.14. The molecule has 2 aromatic heterocycles. The van der Waals surface area contributed by atoms with Crippen LogP contribution in [0, 0.1) is 0 Å². The Morgan fingerprint density at radius 1 is 1.31 bits per heavy atom. The molecule has 0 unspecified atom stereocenters. The van der Waals surface area contributed by atoms with E-state index in [2.05, 4.69) is 15.1 Å². The van der Waals surface area contributed by atoms with Crippen LogP contribution in [-0.2, 0) is 16.1 Å². The molecule has 1 aromatic carbocycles. The number of benzene rings is 1. The summed E-state index contributed by atoms with van der Waals surface area (Å²) in [4.78, 5) is 8.52. The lowest BCUT2D eigenvalue weighted by atomic mass is 10.1. The lowest BCUT2D eigenvalue weighted by molar-refractivity contribution is -0.0280. The Bertz CT molecular complexity index is 876. The van der Waals surface area contributed by atoms with Crippen LogP contribution in [0.5, 0.6) is 0 Å². The van der Waals surface area contributed by atoms with Crippen molar-refractivity contribution in [2.24, 2.45) is 0 Å². The molecule has 0 radical (unpaired) electrons. The fraction of sp³-hybridized carbons (Fsp3) is 0.389. The topological polar surface area (TPSA) is 61.5 Å². The molecule has 0 amide bonds. The van der Waals surface area contributed by atoms with E-state index in [4.69, 9.17) is 9.47 Å². The van der Waals surface area contributed by atoms with E-state index in [-0.39, 0.29) is 6.10 Å². The molecule has 4 rings (SSSR count). The normalized spacial score (nSPS) is 22.9. The van der Waals surface area contributed by atoms with Gasteiger partial charge < -0.3 is 9.47 Å². The summed E-state index contributed by atoms with van der Waals surface area (Å²) in [5.74, 6) is 0. The number of hydrogen-bond acceptors (Lipinski definition) is 6. The van der Waals surface area contributed by atoms with Gasteiger partial charge in [0.1, 0.15) is 23.6 Å². The molecule has 0 aliphatic carbocycles. The van der Waals surface area contributed by atoms with E-state index < -0.39 is 12.3 Å². The smallest absolute Gasteiger partial charge is 0.186 e. The van der Waals surface area contributed by atoms with Crippen LogP contribution in [-0.4, -0.2) is 44.7 Å². The third kappa shape index (κ3) is 3.44. The van der Waals surface area contributed by atoms with E-state index in [0.717, 1.165) is 10.6 Å². The first-order chi connectivity index (χ1) is 12.8. The molecule has 3 atom stereocenters. The maximum atomic E-state index is 14.6. The van der Waals surface area contributed by atoms with Crippen molar-refractivity contribution in [1.29, 1.82) is 0 Å². The summed E-state index contributed by atoms with van der Waals surface area (Å²) in [6, 6.07) is 9.89. The second kappa shape index (κ2) is 7.69. The van der Waals surface area contributed by atoms with Crippen molar-refractivity contribution in [3.05, 3.63) is 54.1 Å². The molecule has 0 bridgehead atoms. The molecular formula is C18H19FN4O2S. The van der Waals surface area contributed by atoms with Crippen LogP contribution in [0.25, 0.3) is 5.65 Å². The van der Waals surface area contributed by atoms with Crippen molar-refractivity contribution in [2.45, 2.75) is 36.4 Å². The standard InChI is InChI=1S/C18H19FN4O2S/c1-26-18-17-20-8-15(23(17)22-11-21-18)16-14(19)7-13(25-16)10-24-9-12-5-3-2-4-6-12/h2-6,8,11,13-14,16H,7,9-10H2,1H3/t13-,14-,16+/m0/s1. The van der Waals surface area contributed by atoms with Crippen molar-refractivity contribution in [2.75, 3.05) is 12.9 Å². The van der Waals surface area contributed by atoms with Gasteiger partial charge >= 0.3 is 0 Å². The van der Waals surface area contributed by atoms with Gasteiger partial charge in [0.05, 0.1) is 31.2 Å². The van der Waals surface area contributed by atoms with Crippen molar-refractivity contribution in [3.8, 4) is 0 Å². The molecule has 26 heavy (non-hydrogen) atoms. The average Bonchev–Trinajstić information content (AvgIpc) is 3.25. The molecule has 8 heteroatoms. The van der Waals surface area contributed by atoms with Crippen LogP contribution in [0.3, 0.4) is 0 Å². The van der Waals surface area contributed by atoms with Gasteiger partial charge in [-0.15, -0.1) is 11.8 Å². The predicted molar refractivity (Wildman–Crippen MR) is 95.8 cm³/mol. The van der Waals surface area contributed by atoms with Crippen molar-refractivity contribution < 1.29 is 13.9 Å². The summed E-state index contributed by atoms with van der Waals surface area (Å²) in [6.45, 7) is 0.843. The molecule has 136 valence electrons. The molecule has 1 aliphatic rings. The number of fused-ring (bicyclic) bond motifs is 1. The number of imidazole rings is 1. The highest BCUT2D eigenvalue weighted by molar-refractivity contribution is 7.98. The molecule has 1 aliphatic heterocycles. The molecule has 3 aromatic rings. The number of nitrogens with zero attached hydrogens (tertiary/aromatic N) is 4. The van der Waals surface area contributed by atoms with Gasteiger partial charge in [-0.25, -0.2) is 18.9 Å². The predicted octanol–water partition coefficient (Wildman–Crippen LogP) is 3.23. The van der Waals surface area contributed by atoms with Gasteiger partial charge in [-0.3, -0.25) is 0 Å². The molecule has 3 heterocycles. The summed E-state index contributed by atoms with van der Waals surface area (Å²) in [6.07, 6.45) is 3.19. The number of thioether (sulfide) groups is 1. The summed E-state index contributed by atoms with van der Waals surface area (Å²) >= 11 is 1.48. The highest BCUT2D eigenvalue weighted by Gasteiger charge is 2.38. The summed E-state index contributed by atoms with van der Waals surface area (Å²) in [5, 5.41) is 4.96. The number of alkyl halides is 1. The molecular weight excluding hydrogens is 355 g/mol. The van der Waals surface area contributed by atoms with Gasteiger partial charge in [0, 0.05) is 6.42 Å². The SMILES string of the molecule is CSc1ncnn2c([C@@H]3O[C@H](COCc4ccccc4)C[C@@H]3F)cnc12. The summed E-state index contributed by atoms with van der Waals surface area (Å²) < 4.78 is 27.8. The minimum Gasteiger partial charge on any atom is -0.374 e. The first-order valence-electron chi connectivity index (χ1n) is 8.40. The van der Waals surface area contributed by atoms with Crippen LogP contribution in [0.4, 0.5) is 4.39 Å². The number of ether oxygens (including phenoxy) is 2. The zero-order chi connectivity index (χ0) is 17.9. The Kier molecular flexibility index (Phi) is 5.14. The van der Waals surface area contributed by atoms with E-state index >= 15 is 0 Å². The number of rotatable bonds is 6. The zero-order valence-electron chi connectivity index (χ0n) is 14.3. The van der Waals surface area contributed by atoms with E-state index in [9.17, 15) is 4.39 Å². The minimum atomic E-state index is -1.12. The van der Waals surface area contributed by atoms with Crippen LogP contribution in [0.15, 0.2) is 47.9 Å². The third-order valence-electron chi connectivity index (χ3n) is 4.35. The van der Waals surface area contributed by atoms with E-state index in [1.54, 1.807) is 10.7 Å². The Labute approximate surface area is 154 Å². The molecule has 6 nitrogen and oxygen atoms in total. The second-order valence-corrected chi connectivity index (χ2v) is 6.91. The maximum Gasteiger partial charge on any atom is 0.186 e. The largest absolute Gasteiger partial charge is 0.374 e. The zero-order valence-corrected chi connectivity index (χ0v) is 15.1. The fourth-order valence-electron chi connectivity index (χ4n) is 3.12. The van der Waals surface area contributed by atoms with Crippen LogP contribution >= 0.6 is 11.8 Å². The van der Waals surface area contributed by atoms with E-state index in [0.29, 0.717) is 31.0 Å². The Morgan fingerprint density at radius 3 is 2.96 bits per heavy atom. The highest BCUT2D eigenvalue weighted by atomic mass is 32.2. The van der Waals surface area contributed by atoms with Crippen molar-refractivity contribution >= 4 is 17.4 Å². The van der Waals surface area contributed by atoms with Gasteiger partial charge in [0.15, 0.2) is 5.65 Å². The summed E-state index contributed by atoms with van der Waals surface area (Å²) in [5.41, 5.74) is 2.31. The number of halogens is 1. The first-order valence-corrected chi connectivity index (χ1v) is 9.62. The minimum absolute atomic E-state index is 0.286. The van der Waals surface area contributed by atoms with Crippen molar-refractivity contribution in [1.82, 2.24) is 19.6 Å². The van der Waals surface area contributed by atoms with Gasteiger partial charge in [-0.2, -0.15) is 5.10 Å². The number of aromatic nitrogens is 4. The van der Waals surface area contributed by atoms with Gasteiger partial charge in [0.2, 0.25) is 0 Å². The molecule has 0 saturated carbocycles. The maximum absolute atomic E-state index is 14.6. The second-order valence-electron chi connectivity index (χ2n) is 6.12. The van der Waals surface area contributed by atoms with E-state index in [1.165, 1.54) is 18.1 Å². The lowest BCUT2D eigenvalue weighted by Crippen LogP contribution is -2.15. The van der Waals surface area contributed by atoms with Crippen molar-refractivity contribution in [3.63, 3.8) is 0 Å². The van der Waals surface area contributed by atoms with Gasteiger partial charge in [-0.05, 0) is 11.8 Å². The summed E-state index contributed by atoms with van der Waals surface area (Å²) in [7, 11) is 0. The number of hydrogen-bond donors (Lipinski definition) is 0. The molecule has 1 saturated heterocycles. The quantitative estimate of drug-likeness (QED) is 0.618. The highest BCUT2D eigenvalue weighted by Crippen LogP contribution is 2.36. The van der Waals surface area contributed by atoms with Gasteiger partial charge in [0.25, 0.3) is 0 Å². The fourth-order valence-corrected chi connectivity index (χ4v) is 3.59. The molecule has 0 spiro atoms.